The van der Waals surface area contributed by atoms with Gasteiger partial charge in [0.2, 0.25) is 0 Å². The summed E-state index contributed by atoms with van der Waals surface area (Å²) < 4.78 is 60.8. The molecule has 1 unspecified atom stereocenters. The monoisotopic (exact) mass is 495 g/mol. The highest BCUT2D eigenvalue weighted by atomic mass is 19.4. The predicted molar refractivity (Wildman–Crippen MR) is 121 cm³/mol. The number of benzene rings is 2. The summed E-state index contributed by atoms with van der Waals surface area (Å²) in [4.78, 5) is 11.7. The van der Waals surface area contributed by atoms with Crippen LogP contribution in [0.15, 0.2) is 40.9 Å². The number of halogens is 3. The van der Waals surface area contributed by atoms with Crippen molar-refractivity contribution in [3.05, 3.63) is 53.2 Å². The van der Waals surface area contributed by atoms with Crippen molar-refractivity contribution in [3.8, 4) is 11.5 Å². The molecular formula is C25H28F3NO6. The Labute approximate surface area is 200 Å². The molecule has 1 atom stereocenters. The van der Waals surface area contributed by atoms with E-state index in [0.717, 1.165) is 0 Å². The van der Waals surface area contributed by atoms with Crippen LogP contribution in [0.2, 0.25) is 0 Å². The largest absolute Gasteiger partial charge is 0.494 e. The molecule has 0 spiro atoms. The average molecular weight is 495 g/mol. The third-order valence-corrected chi connectivity index (χ3v) is 5.22. The zero-order chi connectivity index (χ0) is 25.4. The van der Waals surface area contributed by atoms with Gasteiger partial charge in [0.1, 0.15) is 11.5 Å². The predicted octanol–water partition coefficient (Wildman–Crippen LogP) is 5.63. The number of hydrogen-bond donors (Lipinski definition) is 1. The Balaban J connectivity index is 1.52. The topological polar surface area (TPSA) is 91.0 Å². The molecule has 1 aromatic heterocycles. The molecule has 3 aromatic rings. The Morgan fingerprint density at radius 1 is 1.11 bits per heavy atom. The lowest BCUT2D eigenvalue weighted by Gasteiger charge is -2.13. The molecule has 0 amide bonds. The van der Waals surface area contributed by atoms with E-state index in [-0.39, 0.29) is 17.6 Å². The van der Waals surface area contributed by atoms with Gasteiger partial charge in [-0.1, -0.05) is 30.6 Å². The van der Waals surface area contributed by atoms with Gasteiger partial charge in [-0.05, 0) is 56.0 Å². The van der Waals surface area contributed by atoms with Gasteiger partial charge in [-0.3, -0.25) is 0 Å². The minimum atomic E-state index is -4.59. The molecule has 0 radical (unpaired) electrons. The molecule has 0 bridgehead atoms. The van der Waals surface area contributed by atoms with Crippen LogP contribution in [0.4, 0.5) is 13.2 Å². The maximum absolute atomic E-state index is 13.1. The number of nitrogens with zero attached hydrogens (tertiary/aromatic N) is 1. The quantitative estimate of drug-likeness (QED) is 0.257. The number of esters is 1. The van der Waals surface area contributed by atoms with Crippen molar-refractivity contribution in [1.82, 2.24) is 5.16 Å². The van der Waals surface area contributed by atoms with E-state index in [1.54, 1.807) is 31.2 Å². The molecule has 0 aliphatic rings. The van der Waals surface area contributed by atoms with E-state index in [1.165, 1.54) is 12.1 Å². The number of rotatable bonds is 12. The Bertz CT molecular complexity index is 1130. The molecule has 0 saturated heterocycles. The molecule has 0 aliphatic carbocycles. The second kappa shape index (κ2) is 11.9. The highest BCUT2D eigenvalue weighted by Crippen LogP contribution is 2.38. The van der Waals surface area contributed by atoms with Crippen LogP contribution in [0.1, 0.15) is 56.0 Å². The Kier molecular flexibility index (Phi) is 8.97. The van der Waals surface area contributed by atoms with E-state index in [1.807, 2.05) is 6.92 Å². The number of alkyl halides is 3. The molecule has 1 N–H and O–H groups in total. The zero-order valence-electron chi connectivity index (χ0n) is 19.6. The fourth-order valence-electron chi connectivity index (χ4n) is 3.58. The first kappa shape index (κ1) is 26.3. The van der Waals surface area contributed by atoms with Crippen LogP contribution in [0.5, 0.6) is 11.5 Å². The number of carbonyl (C=O) groups excluding carboxylic acids is 1. The molecule has 7 nitrogen and oxygen atoms in total. The van der Waals surface area contributed by atoms with Crippen LogP contribution in [0.3, 0.4) is 0 Å². The summed E-state index contributed by atoms with van der Waals surface area (Å²) >= 11 is 0. The van der Waals surface area contributed by atoms with Gasteiger partial charge in [-0.15, -0.1) is 0 Å². The zero-order valence-corrected chi connectivity index (χ0v) is 19.6. The molecule has 190 valence electrons. The van der Waals surface area contributed by atoms with Gasteiger partial charge >= 0.3 is 12.1 Å². The third-order valence-electron chi connectivity index (χ3n) is 5.22. The normalized spacial score (nSPS) is 12.5. The van der Waals surface area contributed by atoms with Crippen molar-refractivity contribution in [2.75, 3.05) is 19.8 Å². The van der Waals surface area contributed by atoms with Gasteiger partial charge in [-0.2, -0.15) is 13.2 Å². The Hall–Kier alpha value is -3.27. The van der Waals surface area contributed by atoms with Crippen molar-refractivity contribution in [3.63, 3.8) is 0 Å². The number of fused-ring (bicyclic) bond motifs is 1. The molecule has 3 rings (SSSR count). The number of aliphatic hydroxyl groups is 1. The Morgan fingerprint density at radius 3 is 2.54 bits per heavy atom. The summed E-state index contributed by atoms with van der Waals surface area (Å²) in [5.41, 5.74) is 0.0164. The highest BCUT2D eigenvalue weighted by Gasteiger charge is 2.37. The molecule has 0 saturated carbocycles. The van der Waals surface area contributed by atoms with E-state index >= 15 is 0 Å². The van der Waals surface area contributed by atoms with Gasteiger partial charge in [0.25, 0.3) is 0 Å². The minimum Gasteiger partial charge on any atom is -0.494 e. The SMILES string of the molecule is CCCc1c(OCCCCOc2cccc(C(O)C(=O)OCC)c2)ccc2c(C(F)(F)F)noc12. The summed E-state index contributed by atoms with van der Waals surface area (Å²) in [6, 6.07) is 9.43. The number of aryl methyl sites for hydroxylation is 1. The summed E-state index contributed by atoms with van der Waals surface area (Å²) in [5.74, 6) is 0.265. The minimum absolute atomic E-state index is 0.0722. The Morgan fingerprint density at radius 2 is 1.86 bits per heavy atom. The van der Waals surface area contributed by atoms with Gasteiger partial charge < -0.3 is 23.8 Å². The summed E-state index contributed by atoms with van der Waals surface area (Å²) in [6.07, 6.45) is -3.48. The molecule has 35 heavy (non-hydrogen) atoms. The average Bonchev–Trinajstić information content (AvgIpc) is 3.27. The number of carbonyl (C=O) groups is 1. The second-order valence-electron chi connectivity index (χ2n) is 7.83. The molecular weight excluding hydrogens is 467 g/mol. The maximum atomic E-state index is 13.1. The van der Waals surface area contributed by atoms with Crippen LogP contribution < -0.4 is 9.47 Å². The van der Waals surface area contributed by atoms with Crippen molar-refractivity contribution in [2.24, 2.45) is 0 Å². The molecule has 10 heteroatoms. The number of unbranched alkanes of at least 4 members (excludes halogenated alkanes) is 1. The second-order valence-corrected chi connectivity index (χ2v) is 7.83. The van der Waals surface area contributed by atoms with Crippen LogP contribution in [0, 0.1) is 0 Å². The van der Waals surface area contributed by atoms with Gasteiger partial charge in [0.15, 0.2) is 17.4 Å². The fraction of sp³-hybridized carbons (Fsp3) is 0.440. The molecule has 0 fully saturated rings. The molecule has 2 aromatic carbocycles. The first-order valence-corrected chi connectivity index (χ1v) is 11.4. The highest BCUT2D eigenvalue weighted by molar-refractivity contribution is 5.85. The van der Waals surface area contributed by atoms with E-state index in [9.17, 15) is 23.1 Å². The van der Waals surface area contributed by atoms with Crippen LogP contribution >= 0.6 is 0 Å². The first-order chi connectivity index (χ1) is 16.8. The van der Waals surface area contributed by atoms with E-state index in [2.05, 4.69) is 5.16 Å². The van der Waals surface area contributed by atoms with E-state index < -0.39 is 23.9 Å². The van der Waals surface area contributed by atoms with Gasteiger partial charge in [0.05, 0.1) is 25.2 Å². The number of aromatic nitrogens is 1. The van der Waals surface area contributed by atoms with Gasteiger partial charge in [-0.25, -0.2) is 4.79 Å². The number of ether oxygens (including phenoxy) is 3. The summed E-state index contributed by atoms with van der Waals surface area (Å²) in [6.45, 7) is 4.47. The van der Waals surface area contributed by atoms with Crippen LogP contribution in [-0.4, -0.2) is 36.1 Å². The van der Waals surface area contributed by atoms with Crippen molar-refractivity contribution in [2.45, 2.75) is 51.8 Å². The number of hydrogen-bond acceptors (Lipinski definition) is 7. The maximum Gasteiger partial charge on any atom is 0.437 e. The van der Waals surface area contributed by atoms with Crippen molar-refractivity contribution >= 4 is 16.9 Å². The van der Waals surface area contributed by atoms with Crippen LogP contribution in [-0.2, 0) is 22.1 Å². The molecule has 0 aliphatic heterocycles. The van der Waals surface area contributed by atoms with Crippen molar-refractivity contribution in [1.29, 1.82) is 0 Å². The van der Waals surface area contributed by atoms with Gasteiger partial charge in [0, 0.05) is 5.56 Å². The fourth-order valence-corrected chi connectivity index (χ4v) is 3.58. The summed E-state index contributed by atoms with van der Waals surface area (Å²) in [5, 5.41) is 13.2. The van der Waals surface area contributed by atoms with E-state index in [0.29, 0.717) is 61.5 Å². The lowest BCUT2D eigenvalue weighted by molar-refractivity contribution is -0.153. The van der Waals surface area contributed by atoms with Crippen molar-refractivity contribution < 1.29 is 41.8 Å². The first-order valence-electron chi connectivity index (χ1n) is 11.4. The third kappa shape index (κ3) is 6.66. The lowest BCUT2D eigenvalue weighted by Crippen LogP contribution is -2.15. The van der Waals surface area contributed by atoms with Crippen LogP contribution in [0.25, 0.3) is 11.0 Å². The van der Waals surface area contributed by atoms with E-state index in [4.69, 9.17) is 18.7 Å². The molecule has 1 heterocycles. The summed E-state index contributed by atoms with van der Waals surface area (Å²) in [7, 11) is 0. The lowest BCUT2D eigenvalue weighted by atomic mass is 10.0. The standard InChI is InChI=1S/C25H28F3NO6/c1-3-8-18-20(12-11-19-22(18)35-29-23(19)25(26,27)28)34-14-6-5-13-33-17-10-7-9-16(15-17)21(30)24(31)32-4-2/h7,9-12,15,21,30H,3-6,8,13-14H2,1-2H3. The number of aliphatic hydroxyl groups excluding tert-OH is 1. The smallest absolute Gasteiger partial charge is 0.437 e.